The molecule has 190 valence electrons. The molecule has 0 atom stereocenters. The lowest BCUT2D eigenvalue weighted by molar-refractivity contribution is -0.134. The molecule has 37 heavy (non-hydrogen) atoms. The lowest BCUT2D eigenvalue weighted by Gasteiger charge is -2.36. The summed E-state index contributed by atoms with van der Waals surface area (Å²) in [4.78, 5) is 37.2. The maximum Gasteiger partial charge on any atom is 0.340 e. The summed E-state index contributed by atoms with van der Waals surface area (Å²) in [5.41, 5.74) is 1.94. The predicted molar refractivity (Wildman–Crippen MR) is 135 cm³/mol. The molecule has 7 nitrogen and oxygen atoms in total. The summed E-state index contributed by atoms with van der Waals surface area (Å²) in [6, 6.07) is 15.9. The molecule has 2 heterocycles. The third kappa shape index (κ3) is 4.04. The van der Waals surface area contributed by atoms with Crippen LogP contribution in [0.3, 0.4) is 0 Å². The van der Waals surface area contributed by atoms with Crippen LogP contribution in [0.2, 0.25) is 0 Å². The van der Waals surface area contributed by atoms with Gasteiger partial charge in [0.25, 0.3) is 0 Å². The van der Waals surface area contributed by atoms with E-state index in [0.717, 1.165) is 5.56 Å². The molecule has 0 saturated heterocycles. The van der Waals surface area contributed by atoms with Gasteiger partial charge in [-0.25, -0.2) is 4.79 Å². The minimum absolute atomic E-state index is 0.160. The minimum atomic E-state index is -1.29. The average molecular weight is 501 g/mol. The van der Waals surface area contributed by atoms with Gasteiger partial charge in [-0.15, -0.1) is 0 Å². The quantitative estimate of drug-likeness (QED) is 0.312. The average Bonchev–Trinajstić information content (AvgIpc) is 3.15. The molecule has 0 unspecified atom stereocenters. The second-order valence-electron chi connectivity index (χ2n) is 10.2. The second kappa shape index (κ2) is 8.76. The Hall–Kier alpha value is -4.13. The summed E-state index contributed by atoms with van der Waals surface area (Å²) in [6.07, 6.45) is 0.440. The number of esters is 3. The van der Waals surface area contributed by atoms with E-state index >= 15 is 0 Å². The van der Waals surface area contributed by atoms with Crippen LogP contribution in [-0.4, -0.2) is 17.9 Å². The molecule has 0 radical (unpaired) electrons. The van der Waals surface area contributed by atoms with Crippen LogP contribution in [-0.2, 0) is 25.3 Å². The van der Waals surface area contributed by atoms with E-state index in [1.165, 1.54) is 0 Å². The number of carbonyl (C=O) groups is 3. The van der Waals surface area contributed by atoms with E-state index in [0.29, 0.717) is 45.3 Å². The monoisotopic (exact) mass is 500 g/mol. The zero-order chi connectivity index (χ0) is 26.5. The molecule has 2 aliphatic heterocycles. The van der Waals surface area contributed by atoms with Crippen LogP contribution in [0.4, 0.5) is 0 Å². The highest BCUT2D eigenvalue weighted by atomic mass is 16.6. The van der Waals surface area contributed by atoms with Gasteiger partial charge in [0.15, 0.2) is 5.60 Å². The van der Waals surface area contributed by atoms with Crippen molar-refractivity contribution < 1.29 is 33.3 Å². The number of rotatable bonds is 4. The molecule has 0 saturated carbocycles. The van der Waals surface area contributed by atoms with Crippen LogP contribution in [0.15, 0.2) is 54.6 Å². The molecule has 0 bridgehead atoms. The summed E-state index contributed by atoms with van der Waals surface area (Å²) >= 11 is 0. The first-order valence-corrected chi connectivity index (χ1v) is 12.3. The summed E-state index contributed by atoms with van der Waals surface area (Å²) in [7, 11) is 0. The number of hydrogen-bond acceptors (Lipinski definition) is 7. The van der Waals surface area contributed by atoms with Crippen molar-refractivity contribution in [2.75, 3.05) is 0 Å². The second-order valence-corrected chi connectivity index (χ2v) is 10.2. The molecular weight excluding hydrogens is 472 g/mol. The lowest BCUT2D eigenvalue weighted by Crippen LogP contribution is -2.33. The Morgan fingerprint density at radius 1 is 0.784 bits per heavy atom. The molecule has 7 heteroatoms. The molecule has 0 aliphatic carbocycles. The number of fused-ring (bicyclic) bond motifs is 6. The van der Waals surface area contributed by atoms with E-state index in [1.807, 2.05) is 18.2 Å². The standard InChI is InChI=1S/C30H28O7/c1-6-26(31)34-18-9-12-22-24(15-18)36-25-16-19(35-27(32)7-2)10-13-23(25)30(22)21-11-8-17(29(3,4)5)14-20(21)28(33)37-30/h8-16H,6-7H2,1-5H3. The maximum absolute atomic E-state index is 13.3. The largest absolute Gasteiger partial charge is 0.456 e. The fourth-order valence-electron chi connectivity index (χ4n) is 4.69. The van der Waals surface area contributed by atoms with E-state index in [-0.39, 0.29) is 30.2 Å². The Morgan fingerprint density at radius 3 is 1.78 bits per heavy atom. The van der Waals surface area contributed by atoms with E-state index < -0.39 is 11.6 Å². The molecule has 1 spiro atoms. The lowest BCUT2D eigenvalue weighted by atomic mass is 9.76. The first-order chi connectivity index (χ1) is 17.6. The van der Waals surface area contributed by atoms with Gasteiger partial charge < -0.3 is 18.9 Å². The number of ether oxygens (including phenoxy) is 4. The Morgan fingerprint density at radius 2 is 1.30 bits per heavy atom. The van der Waals surface area contributed by atoms with Gasteiger partial charge in [-0.05, 0) is 41.3 Å². The fraction of sp³-hybridized carbons (Fsp3) is 0.300. The molecule has 5 rings (SSSR count). The van der Waals surface area contributed by atoms with Crippen molar-refractivity contribution in [2.24, 2.45) is 0 Å². The Labute approximate surface area is 215 Å². The van der Waals surface area contributed by atoms with Gasteiger partial charge >= 0.3 is 17.9 Å². The Balaban J connectivity index is 1.72. The van der Waals surface area contributed by atoms with E-state index in [2.05, 4.69) is 20.8 Å². The van der Waals surface area contributed by atoms with E-state index in [9.17, 15) is 14.4 Å². The van der Waals surface area contributed by atoms with Crippen molar-refractivity contribution in [3.8, 4) is 23.0 Å². The first kappa shape index (κ1) is 24.6. The smallest absolute Gasteiger partial charge is 0.340 e. The molecule has 0 aromatic heterocycles. The summed E-state index contributed by atoms with van der Waals surface area (Å²) in [5.74, 6) is 0.152. The Kier molecular flexibility index (Phi) is 5.82. The third-order valence-electron chi connectivity index (χ3n) is 6.66. The summed E-state index contributed by atoms with van der Waals surface area (Å²) in [5, 5.41) is 0. The van der Waals surface area contributed by atoms with Crippen molar-refractivity contribution in [1.29, 1.82) is 0 Å². The van der Waals surface area contributed by atoms with Gasteiger partial charge in [-0.2, -0.15) is 0 Å². The van der Waals surface area contributed by atoms with Gasteiger partial charge in [0.05, 0.1) is 5.56 Å². The van der Waals surface area contributed by atoms with Crippen LogP contribution in [0.1, 0.15) is 80.1 Å². The summed E-state index contributed by atoms with van der Waals surface area (Å²) in [6.45, 7) is 9.68. The van der Waals surface area contributed by atoms with E-state index in [4.69, 9.17) is 18.9 Å². The van der Waals surface area contributed by atoms with Gasteiger partial charge in [0, 0.05) is 41.7 Å². The van der Waals surface area contributed by atoms with Gasteiger partial charge in [0.2, 0.25) is 0 Å². The number of hydrogen-bond donors (Lipinski definition) is 0. The molecule has 3 aromatic rings. The normalized spacial score (nSPS) is 14.7. The van der Waals surface area contributed by atoms with Gasteiger partial charge in [0.1, 0.15) is 23.0 Å². The van der Waals surface area contributed by atoms with Crippen molar-refractivity contribution in [1.82, 2.24) is 0 Å². The van der Waals surface area contributed by atoms with Crippen LogP contribution in [0.5, 0.6) is 23.0 Å². The number of benzene rings is 3. The SMILES string of the molecule is CCC(=O)Oc1ccc2c(c1)Oc1cc(OC(=O)CC)ccc1C21OC(=O)c2cc(C(C)(C)C)ccc21. The van der Waals surface area contributed by atoms with Gasteiger partial charge in [-0.1, -0.05) is 46.8 Å². The minimum Gasteiger partial charge on any atom is -0.456 e. The van der Waals surface area contributed by atoms with Crippen molar-refractivity contribution in [2.45, 2.75) is 58.5 Å². The zero-order valence-corrected chi connectivity index (χ0v) is 21.5. The van der Waals surface area contributed by atoms with Crippen LogP contribution in [0, 0.1) is 0 Å². The third-order valence-corrected chi connectivity index (χ3v) is 6.66. The fourth-order valence-corrected chi connectivity index (χ4v) is 4.69. The number of carbonyl (C=O) groups excluding carboxylic acids is 3. The van der Waals surface area contributed by atoms with Gasteiger partial charge in [-0.3, -0.25) is 9.59 Å². The molecule has 3 aromatic carbocycles. The predicted octanol–water partition coefficient (Wildman–Crippen LogP) is 6.18. The Bertz CT molecular complexity index is 1380. The van der Waals surface area contributed by atoms with Crippen LogP contribution in [0.25, 0.3) is 0 Å². The van der Waals surface area contributed by atoms with Crippen molar-refractivity contribution >= 4 is 17.9 Å². The zero-order valence-electron chi connectivity index (χ0n) is 21.5. The highest BCUT2D eigenvalue weighted by Crippen LogP contribution is 2.57. The maximum atomic E-state index is 13.3. The molecule has 2 aliphatic rings. The highest BCUT2D eigenvalue weighted by molar-refractivity contribution is 5.97. The summed E-state index contributed by atoms with van der Waals surface area (Å²) < 4.78 is 23.3. The molecule has 0 N–H and O–H groups in total. The van der Waals surface area contributed by atoms with Crippen LogP contribution >= 0.6 is 0 Å². The van der Waals surface area contributed by atoms with Crippen LogP contribution < -0.4 is 14.2 Å². The van der Waals surface area contributed by atoms with Crippen molar-refractivity contribution in [3.05, 3.63) is 82.4 Å². The topological polar surface area (TPSA) is 88.1 Å². The molecule has 0 fully saturated rings. The molecule has 0 amide bonds. The van der Waals surface area contributed by atoms with E-state index in [1.54, 1.807) is 50.2 Å². The first-order valence-electron chi connectivity index (χ1n) is 12.3. The highest BCUT2D eigenvalue weighted by Gasteiger charge is 2.54. The molecular formula is C30H28O7. The van der Waals surface area contributed by atoms with Crippen molar-refractivity contribution in [3.63, 3.8) is 0 Å².